The lowest BCUT2D eigenvalue weighted by atomic mass is 9.81. The molecule has 2 bridgehead atoms. The van der Waals surface area contributed by atoms with Crippen molar-refractivity contribution >= 4 is 61.0 Å². The van der Waals surface area contributed by atoms with Gasteiger partial charge in [0.15, 0.2) is 0 Å². The van der Waals surface area contributed by atoms with Gasteiger partial charge in [-0.15, -0.1) is 0 Å². The average molecular weight is 546 g/mol. The van der Waals surface area contributed by atoms with E-state index in [2.05, 4.69) is 37.2 Å². The van der Waals surface area contributed by atoms with E-state index in [1.165, 1.54) is 4.90 Å². The van der Waals surface area contributed by atoms with Crippen molar-refractivity contribution in [2.75, 3.05) is 10.2 Å². The van der Waals surface area contributed by atoms with E-state index in [0.29, 0.717) is 11.3 Å². The van der Waals surface area contributed by atoms with Crippen LogP contribution in [0.25, 0.3) is 0 Å². The molecule has 3 aliphatic rings. The molecule has 1 aliphatic heterocycles. The van der Waals surface area contributed by atoms with E-state index in [0.717, 1.165) is 23.2 Å². The van der Waals surface area contributed by atoms with Gasteiger partial charge in [0.25, 0.3) is 5.91 Å². The molecule has 2 aromatic carbocycles. The molecule has 2 aliphatic carbocycles. The minimum Gasteiger partial charge on any atom is -0.322 e. The van der Waals surface area contributed by atoms with Crippen LogP contribution in [0.1, 0.15) is 27.9 Å². The van der Waals surface area contributed by atoms with Crippen LogP contribution in [0.3, 0.4) is 0 Å². The maximum Gasteiger partial charge on any atom is 0.255 e. The Morgan fingerprint density at radius 2 is 1.52 bits per heavy atom. The number of anilines is 2. The Labute approximate surface area is 197 Å². The number of hydrogen-bond donors (Lipinski definition) is 1. The van der Waals surface area contributed by atoms with E-state index in [9.17, 15) is 14.4 Å². The Balaban J connectivity index is 1.41. The molecule has 6 atom stereocenters. The first-order chi connectivity index (χ1) is 14.8. The molecule has 0 spiro atoms. The highest BCUT2D eigenvalue weighted by atomic mass is 79.9. The number of halogens is 2. The molecule has 0 aromatic heterocycles. The number of carbonyl (C=O) groups excluding carboxylic acids is 3. The van der Waals surface area contributed by atoms with Crippen LogP contribution in [0.4, 0.5) is 11.4 Å². The number of rotatable bonds is 3. The van der Waals surface area contributed by atoms with Crippen LogP contribution in [-0.4, -0.2) is 27.4 Å². The van der Waals surface area contributed by atoms with Crippen molar-refractivity contribution in [2.24, 2.45) is 23.7 Å². The molecule has 3 fully saturated rings. The van der Waals surface area contributed by atoms with Crippen LogP contribution in [-0.2, 0) is 9.59 Å². The third-order valence-corrected chi connectivity index (χ3v) is 10.0. The van der Waals surface area contributed by atoms with Crippen LogP contribution >= 0.6 is 31.9 Å². The van der Waals surface area contributed by atoms with Crippen LogP contribution < -0.4 is 10.2 Å². The van der Waals surface area contributed by atoms with Gasteiger partial charge in [-0.1, -0.05) is 44.0 Å². The Morgan fingerprint density at radius 3 is 2.10 bits per heavy atom. The number of amides is 3. The summed E-state index contributed by atoms with van der Waals surface area (Å²) >= 11 is 7.42. The highest BCUT2D eigenvalue weighted by molar-refractivity contribution is 9.12. The standard InChI is InChI=1S/C24H22Br2N2O3/c1-11-6-12(2)8-14(7-11)27-22(29)13-4-3-5-15(9-13)28-23(30)18-16-10-17(19(18)24(28)31)21(26)20(16)25/h3-9,16-21H,10H2,1-2H3,(H,27,29)/t16-,17-,18-,19+,20-,21+/m1/s1. The summed E-state index contributed by atoms with van der Waals surface area (Å²) in [5, 5.41) is 2.92. The number of alkyl halides is 2. The summed E-state index contributed by atoms with van der Waals surface area (Å²) in [6.07, 6.45) is 0.894. The fraction of sp³-hybridized carbons (Fsp3) is 0.375. The molecule has 160 valence electrons. The van der Waals surface area contributed by atoms with E-state index in [4.69, 9.17) is 0 Å². The third-order valence-electron chi connectivity index (χ3n) is 6.83. The zero-order valence-electron chi connectivity index (χ0n) is 17.1. The molecule has 0 unspecified atom stereocenters. The van der Waals surface area contributed by atoms with Crippen LogP contribution in [0.5, 0.6) is 0 Å². The van der Waals surface area contributed by atoms with Crippen LogP contribution in [0.2, 0.25) is 0 Å². The molecular formula is C24H22Br2N2O3. The molecule has 1 heterocycles. The smallest absolute Gasteiger partial charge is 0.255 e. The van der Waals surface area contributed by atoms with Crippen molar-refractivity contribution < 1.29 is 14.4 Å². The van der Waals surface area contributed by atoms with Gasteiger partial charge in [0.2, 0.25) is 11.8 Å². The second kappa shape index (κ2) is 7.55. The number of benzene rings is 2. The minimum absolute atomic E-state index is 0.141. The van der Waals surface area contributed by atoms with E-state index >= 15 is 0 Å². The van der Waals surface area contributed by atoms with Crippen molar-refractivity contribution in [3.8, 4) is 0 Å². The Hall–Kier alpha value is -1.99. The summed E-state index contributed by atoms with van der Waals surface area (Å²) in [6, 6.07) is 12.6. The summed E-state index contributed by atoms with van der Waals surface area (Å²) in [6.45, 7) is 3.96. The number of nitrogens with one attached hydrogen (secondary N) is 1. The second-order valence-electron chi connectivity index (χ2n) is 8.90. The normalized spacial score (nSPS) is 31.3. The van der Waals surface area contributed by atoms with Crippen LogP contribution in [0, 0.1) is 37.5 Å². The SMILES string of the molecule is Cc1cc(C)cc(NC(=O)c2cccc(N3C(=O)[C@@H]4[C@H]5C[C@@H]([C@H](Br)[C@@H]5Br)[C@@H]4C3=O)c2)c1. The quantitative estimate of drug-likeness (QED) is 0.443. The van der Waals surface area contributed by atoms with Gasteiger partial charge in [0.1, 0.15) is 0 Å². The number of hydrogen-bond acceptors (Lipinski definition) is 3. The average Bonchev–Trinajstić information content (AvgIpc) is 3.32. The molecular weight excluding hydrogens is 524 g/mol. The summed E-state index contributed by atoms with van der Waals surface area (Å²) in [4.78, 5) is 41.1. The van der Waals surface area contributed by atoms with Gasteiger partial charge < -0.3 is 5.32 Å². The van der Waals surface area contributed by atoms with Crippen LogP contribution in [0.15, 0.2) is 42.5 Å². The largest absolute Gasteiger partial charge is 0.322 e. The maximum absolute atomic E-state index is 13.3. The Kier molecular flexibility index (Phi) is 5.09. The molecule has 0 radical (unpaired) electrons. The molecule has 2 aromatic rings. The van der Waals surface area contributed by atoms with Crippen molar-refractivity contribution in [2.45, 2.75) is 29.9 Å². The first-order valence-corrected chi connectivity index (χ1v) is 12.2. The van der Waals surface area contributed by atoms with Crippen molar-refractivity contribution in [3.63, 3.8) is 0 Å². The number of carbonyl (C=O) groups is 3. The van der Waals surface area contributed by atoms with E-state index in [1.807, 2.05) is 32.0 Å². The van der Waals surface area contributed by atoms with Gasteiger partial charge in [-0.3, -0.25) is 19.3 Å². The Bertz CT molecular complexity index is 1070. The van der Waals surface area contributed by atoms with Gasteiger partial charge >= 0.3 is 0 Å². The molecule has 1 saturated heterocycles. The molecule has 3 amide bonds. The number of fused-ring (bicyclic) bond motifs is 5. The first-order valence-electron chi connectivity index (χ1n) is 10.4. The van der Waals surface area contributed by atoms with Gasteiger partial charge in [-0.25, -0.2) is 0 Å². The molecule has 2 saturated carbocycles. The van der Waals surface area contributed by atoms with Gasteiger partial charge in [-0.05, 0) is 73.6 Å². The van der Waals surface area contributed by atoms with E-state index in [1.54, 1.807) is 24.3 Å². The highest BCUT2D eigenvalue weighted by Gasteiger charge is 2.66. The predicted octanol–water partition coefficient (Wildman–Crippen LogP) is 4.84. The number of imide groups is 1. The van der Waals surface area contributed by atoms with Gasteiger partial charge in [-0.2, -0.15) is 0 Å². The number of aryl methyl sites for hydroxylation is 2. The molecule has 31 heavy (non-hydrogen) atoms. The lowest BCUT2D eigenvalue weighted by Gasteiger charge is -2.28. The molecule has 5 nitrogen and oxygen atoms in total. The summed E-state index contributed by atoms with van der Waals surface area (Å²) in [7, 11) is 0. The minimum atomic E-state index is -0.275. The lowest BCUT2D eigenvalue weighted by molar-refractivity contribution is -0.123. The van der Waals surface area contributed by atoms with Crippen molar-refractivity contribution in [3.05, 3.63) is 59.2 Å². The Morgan fingerprint density at radius 1 is 0.935 bits per heavy atom. The maximum atomic E-state index is 13.3. The van der Waals surface area contributed by atoms with Gasteiger partial charge in [0.05, 0.1) is 17.5 Å². The third kappa shape index (κ3) is 3.28. The fourth-order valence-electron chi connectivity index (χ4n) is 5.64. The molecule has 5 rings (SSSR count). The first kappa shape index (κ1) is 20.9. The van der Waals surface area contributed by atoms with Crippen molar-refractivity contribution in [1.82, 2.24) is 0 Å². The predicted molar refractivity (Wildman–Crippen MR) is 127 cm³/mol. The molecule has 7 heteroatoms. The fourth-order valence-corrected chi connectivity index (χ4v) is 7.51. The zero-order chi connectivity index (χ0) is 22.0. The lowest BCUT2D eigenvalue weighted by Crippen LogP contribution is -2.37. The van der Waals surface area contributed by atoms with Gasteiger partial charge in [0, 0.05) is 20.9 Å². The zero-order valence-corrected chi connectivity index (χ0v) is 20.3. The summed E-state index contributed by atoms with van der Waals surface area (Å²) in [5.41, 5.74) is 3.73. The second-order valence-corrected chi connectivity index (χ2v) is 11.0. The topological polar surface area (TPSA) is 66.5 Å². The summed E-state index contributed by atoms with van der Waals surface area (Å²) in [5.74, 6) is -0.774. The van der Waals surface area contributed by atoms with E-state index in [-0.39, 0.29) is 51.0 Å². The van der Waals surface area contributed by atoms with Crippen molar-refractivity contribution in [1.29, 1.82) is 0 Å². The monoisotopic (exact) mass is 544 g/mol. The number of nitrogens with zero attached hydrogens (tertiary/aromatic N) is 1. The molecule has 1 N–H and O–H groups in total. The highest BCUT2D eigenvalue weighted by Crippen LogP contribution is 2.60. The van der Waals surface area contributed by atoms with E-state index < -0.39 is 0 Å². The summed E-state index contributed by atoms with van der Waals surface area (Å²) < 4.78 is 0.